The summed E-state index contributed by atoms with van der Waals surface area (Å²) in [7, 11) is 3.06. The van der Waals surface area contributed by atoms with Gasteiger partial charge in [0.1, 0.15) is 0 Å². The second-order valence-corrected chi connectivity index (χ2v) is 5.88. The first-order chi connectivity index (χ1) is 10.7. The average molecular weight is 324 g/mol. The van der Waals surface area contributed by atoms with Crippen LogP contribution in [0.1, 0.15) is 32.3 Å². The van der Waals surface area contributed by atoms with Crippen LogP contribution in [0.4, 0.5) is 10.5 Å². The van der Waals surface area contributed by atoms with Gasteiger partial charge in [-0.3, -0.25) is 4.79 Å². The summed E-state index contributed by atoms with van der Waals surface area (Å²) in [6, 6.07) is 3.04. The van der Waals surface area contributed by atoms with Crippen molar-refractivity contribution in [3.05, 3.63) is 17.7 Å². The standard InChI is InChI=1S/C16H24N2O5/c1-10-8-12(22-4)13(23-5)9-11(10)17-15(21)18-16(2,3)7-6-14(19)20/h8-9H,6-7H2,1-5H3,(H,19,20)(H2,17,18,21). The maximum atomic E-state index is 12.1. The molecule has 0 aliphatic rings. The number of methoxy groups -OCH3 is 2. The number of carbonyl (C=O) groups excluding carboxylic acids is 1. The van der Waals surface area contributed by atoms with Gasteiger partial charge in [-0.15, -0.1) is 0 Å². The number of benzene rings is 1. The van der Waals surface area contributed by atoms with E-state index in [1.54, 1.807) is 33.1 Å². The minimum absolute atomic E-state index is 0.0112. The molecular formula is C16H24N2O5. The van der Waals surface area contributed by atoms with Gasteiger partial charge in [0, 0.05) is 23.7 Å². The quantitative estimate of drug-likeness (QED) is 0.716. The molecular weight excluding hydrogens is 300 g/mol. The number of hydrogen-bond acceptors (Lipinski definition) is 4. The highest BCUT2D eigenvalue weighted by molar-refractivity contribution is 5.91. The summed E-state index contributed by atoms with van der Waals surface area (Å²) >= 11 is 0. The van der Waals surface area contributed by atoms with Crippen LogP contribution >= 0.6 is 0 Å². The molecule has 0 unspecified atom stereocenters. The van der Waals surface area contributed by atoms with Crippen LogP contribution in [0.5, 0.6) is 11.5 Å². The maximum Gasteiger partial charge on any atom is 0.319 e. The zero-order valence-electron chi connectivity index (χ0n) is 14.1. The van der Waals surface area contributed by atoms with Crippen LogP contribution in [0.2, 0.25) is 0 Å². The van der Waals surface area contributed by atoms with Crippen LogP contribution in [0, 0.1) is 6.92 Å². The van der Waals surface area contributed by atoms with Gasteiger partial charge in [-0.05, 0) is 38.8 Å². The molecule has 0 spiro atoms. The summed E-state index contributed by atoms with van der Waals surface area (Å²) in [4.78, 5) is 22.8. The Hall–Kier alpha value is -2.44. The summed E-state index contributed by atoms with van der Waals surface area (Å²) < 4.78 is 10.4. The number of amides is 2. The van der Waals surface area contributed by atoms with E-state index in [1.165, 1.54) is 7.11 Å². The van der Waals surface area contributed by atoms with Gasteiger partial charge in [0.05, 0.1) is 14.2 Å². The Labute approximate surface area is 136 Å². The minimum Gasteiger partial charge on any atom is -0.493 e. The number of carboxylic acid groups (broad SMARTS) is 1. The Bertz CT molecular complexity index is 584. The molecule has 0 radical (unpaired) electrons. The molecule has 0 saturated heterocycles. The van der Waals surface area contributed by atoms with Gasteiger partial charge in [-0.25, -0.2) is 4.79 Å². The van der Waals surface area contributed by atoms with Crippen LogP contribution in [0.15, 0.2) is 12.1 Å². The molecule has 7 heteroatoms. The molecule has 0 saturated carbocycles. The topological polar surface area (TPSA) is 96.9 Å². The van der Waals surface area contributed by atoms with Crippen molar-refractivity contribution in [2.24, 2.45) is 0 Å². The van der Waals surface area contributed by atoms with Crippen molar-refractivity contribution in [3.8, 4) is 11.5 Å². The molecule has 1 aromatic rings. The first-order valence-electron chi connectivity index (χ1n) is 7.22. The number of aliphatic carboxylic acids is 1. The summed E-state index contributed by atoms with van der Waals surface area (Å²) in [5.74, 6) is 0.201. The lowest BCUT2D eigenvalue weighted by Crippen LogP contribution is -2.45. The lowest BCUT2D eigenvalue weighted by Gasteiger charge is -2.26. The molecule has 1 rings (SSSR count). The summed E-state index contributed by atoms with van der Waals surface area (Å²) in [5.41, 5.74) is 0.780. The Morgan fingerprint density at radius 3 is 2.26 bits per heavy atom. The third-order valence-electron chi connectivity index (χ3n) is 3.39. The van der Waals surface area contributed by atoms with E-state index in [2.05, 4.69) is 10.6 Å². The molecule has 0 aliphatic carbocycles. The molecule has 128 valence electrons. The first kappa shape index (κ1) is 18.6. The smallest absolute Gasteiger partial charge is 0.319 e. The Morgan fingerprint density at radius 1 is 1.17 bits per heavy atom. The number of nitrogens with one attached hydrogen (secondary N) is 2. The molecule has 0 aliphatic heterocycles. The molecule has 2 amide bonds. The van der Waals surface area contributed by atoms with E-state index in [0.717, 1.165) is 5.56 Å². The normalized spacial score (nSPS) is 10.8. The number of ether oxygens (including phenoxy) is 2. The van der Waals surface area contributed by atoms with E-state index < -0.39 is 17.5 Å². The zero-order valence-corrected chi connectivity index (χ0v) is 14.1. The molecule has 0 aromatic heterocycles. The highest BCUT2D eigenvalue weighted by Crippen LogP contribution is 2.32. The maximum absolute atomic E-state index is 12.1. The van der Waals surface area contributed by atoms with Gasteiger partial charge in [-0.1, -0.05) is 0 Å². The fourth-order valence-corrected chi connectivity index (χ4v) is 2.06. The number of anilines is 1. The van der Waals surface area contributed by atoms with E-state index in [0.29, 0.717) is 23.6 Å². The summed E-state index contributed by atoms with van der Waals surface area (Å²) in [5, 5.41) is 14.3. The van der Waals surface area contributed by atoms with E-state index >= 15 is 0 Å². The predicted octanol–water partition coefficient (Wildman–Crippen LogP) is 2.78. The second kappa shape index (κ2) is 7.71. The summed E-state index contributed by atoms with van der Waals surface area (Å²) in [6.07, 6.45) is 0.323. The van der Waals surface area contributed by atoms with Crippen molar-refractivity contribution >= 4 is 17.7 Å². The molecule has 0 fully saturated rings. The van der Waals surface area contributed by atoms with Crippen molar-refractivity contribution in [3.63, 3.8) is 0 Å². The van der Waals surface area contributed by atoms with Gasteiger partial charge < -0.3 is 25.2 Å². The SMILES string of the molecule is COc1cc(C)c(NC(=O)NC(C)(C)CCC(=O)O)cc1OC. The third kappa shape index (κ3) is 5.69. The van der Waals surface area contributed by atoms with Crippen molar-refractivity contribution in [2.45, 2.75) is 39.2 Å². The Kier molecular flexibility index (Phi) is 6.24. The summed E-state index contributed by atoms with van der Waals surface area (Å²) in [6.45, 7) is 5.39. The van der Waals surface area contributed by atoms with Gasteiger partial charge in [0.15, 0.2) is 11.5 Å². The van der Waals surface area contributed by atoms with Crippen LogP contribution in [0.25, 0.3) is 0 Å². The lowest BCUT2D eigenvalue weighted by molar-refractivity contribution is -0.137. The van der Waals surface area contributed by atoms with Crippen molar-refractivity contribution < 1.29 is 24.2 Å². The number of carboxylic acids is 1. The van der Waals surface area contributed by atoms with Gasteiger partial charge >= 0.3 is 12.0 Å². The van der Waals surface area contributed by atoms with Crippen molar-refractivity contribution in [1.29, 1.82) is 0 Å². The molecule has 7 nitrogen and oxygen atoms in total. The van der Waals surface area contributed by atoms with E-state index in [9.17, 15) is 9.59 Å². The van der Waals surface area contributed by atoms with Crippen LogP contribution in [-0.4, -0.2) is 36.9 Å². The van der Waals surface area contributed by atoms with Crippen LogP contribution < -0.4 is 20.1 Å². The van der Waals surface area contributed by atoms with Crippen LogP contribution in [-0.2, 0) is 4.79 Å². The van der Waals surface area contributed by atoms with Gasteiger partial charge in [0.2, 0.25) is 0 Å². The predicted molar refractivity (Wildman–Crippen MR) is 87.4 cm³/mol. The molecule has 0 heterocycles. The van der Waals surface area contributed by atoms with Crippen molar-refractivity contribution in [1.82, 2.24) is 5.32 Å². The number of aryl methyl sites for hydroxylation is 1. The third-order valence-corrected chi connectivity index (χ3v) is 3.39. The second-order valence-electron chi connectivity index (χ2n) is 5.88. The fraction of sp³-hybridized carbons (Fsp3) is 0.500. The van der Waals surface area contributed by atoms with Gasteiger partial charge in [-0.2, -0.15) is 0 Å². The first-order valence-corrected chi connectivity index (χ1v) is 7.22. The highest BCUT2D eigenvalue weighted by atomic mass is 16.5. The van der Waals surface area contributed by atoms with E-state index in [-0.39, 0.29) is 6.42 Å². The van der Waals surface area contributed by atoms with E-state index in [1.807, 2.05) is 6.92 Å². The Morgan fingerprint density at radius 2 is 1.74 bits per heavy atom. The van der Waals surface area contributed by atoms with Crippen molar-refractivity contribution in [2.75, 3.05) is 19.5 Å². The van der Waals surface area contributed by atoms with Crippen LogP contribution in [0.3, 0.4) is 0 Å². The lowest BCUT2D eigenvalue weighted by atomic mass is 9.99. The number of rotatable bonds is 7. The minimum atomic E-state index is -0.893. The number of urea groups is 1. The molecule has 0 bridgehead atoms. The van der Waals surface area contributed by atoms with E-state index in [4.69, 9.17) is 14.6 Å². The van der Waals surface area contributed by atoms with Gasteiger partial charge in [0.25, 0.3) is 0 Å². The molecule has 3 N–H and O–H groups in total. The fourth-order valence-electron chi connectivity index (χ4n) is 2.06. The molecule has 1 aromatic carbocycles. The molecule has 23 heavy (non-hydrogen) atoms. The molecule has 0 atom stereocenters. The zero-order chi connectivity index (χ0) is 17.6. The highest BCUT2D eigenvalue weighted by Gasteiger charge is 2.22. The number of hydrogen-bond donors (Lipinski definition) is 3. The number of carbonyl (C=O) groups is 2. The monoisotopic (exact) mass is 324 g/mol. The Balaban J connectivity index is 2.79. The largest absolute Gasteiger partial charge is 0.493 e. The average Bonchev–Trinajstić information content (AvgIpc) is 2.46.